The van der Waals surface area contributed by atoms with E-state index in [0.29, 0.717) is 0 Å². The number of hydrogen-bond donors (Lipinski definition) is 1. The highest BCUT2D eigenvalue weighted by Crippen LogP contribution is 2.51. The van der Waals surface area contributed by atoms with Gasteiger partial charge in [0.05, 0.1) is 0 Å². The number of benzene rings is 2. The number of anilines is 2. The number of rotatable bonds is 22. The molecule has 0 spiro atoms. The Hall–Kier alpha value is -1.76. The van der Waals surface area contributed by atoms with Crippen molar-refractivity contribution < 1.29 is 0 Å². The fourth-order valence-electron chi connectivity index (χ4n) is 6.80. The molecule has 0 aliphatic carbocycles. The van der Waals surface area contributed by atoms with Gasteiger partial charge < -0.3 is 5.32 Å². The van der Waals surface area contributed by atoms with Crippen LogP contribution in [-0.4, -0.2) is 0 Å². The first-order chi connectivity index (χ1) is 18.8. The van der Waals surface area contributed by atoms with Crippen LogP contribution in [0, 0.1) is 0 Å². The zero-order valence-corrected chi connectivity index (χ0v) is 25.2. The number of para-hydroxylation sites is 2. The van der Waals surface area contributed by atoms with E-state index in [2.05, 4.69) is 67.7 Å². The summed E-state index contributed by atoms with van der Waals surface area (Å²) in [7, 11) is 0. The molecule has 0 saturated heterocycles. The second-order valence-corrected chi connectivity index (χ2v) is 12.2. The molecule has 38 heavy (non-hydrogen) atoms. The summed E-state index contributed by atoms with van der Waals surface area (Å²) in [5.41, 5.74) is 5.94. The lowest BCUT2D eigenvalue weighted by Gasteiger charge is -2.42. The maximum absolute atomic E-state index is 3.77. The number of fused-ring (bicyclic) bond motifs is 2. The van der Waals surface area contributed by atoms with Crippen LogP contribution in [0.2, 0.25) is 0 Å². The molecular weight excluding hydrogens is 458 g/mol. The third-order valence-electron chi connectivity index (χ3n) is 9.07. The molecule has 0 unspecified atom stereocenters. The van der Waals surface area contributed by atoms with Gasteiger partial charge in [-0.25, -0.2) is 0 Å². The number of hydrogen-bond acceptors (Lipinski definition) is 1. The molecule has 1 nitrogen and oxygen atoms in total. The SMILES string of the molecule is CCCCCCCCCCCCC1(CCCCCCCCCCCC)c2ccccc2Nc2ccccc21. The molecule has 0 bridgehead atoms. The lowest BCUT2D eigenvalue weighted by molar-refractivity contribution is 0.389. The maximum atomic E-state index is 3.77. The number of unbranched alkanes of at least 4 members (excludes halogenated alkanes) is 18. The summed E-state index contributed by atoms with van der Waals surface area (Å²) < 4.78 is 0. The van der Waals surface area contributed by atoms with E-state index in [1.807, 2.05) is 0 Å². The minimum atomic E-state index is 0.165. The molecule has 0 atom stereocenters. The summed E-state index contributed by atoms with van der Waals surface area (Å²) >= 11 is 0. The Kier molecular flexibility index (Phi) is 15.0. The highest BCUT2D eigenvalue weighted by molar-refractivity contribution is 5.75. The van der Waals surface area contributed by atoms with Crippen LogP contribution < -0.4 is 5.32 Å². The van der Waals surface area contributed by atoms with Gasteiger partial charge in [0.1, 0.15) is 0 Å². The van der Waals surface area contributed by atoms with E-state index in [4.69, 9.17) is 0 Å². The average molecular weight is 518 g/mol. The van der Waals surface area contributed by atoms with Gasteiger partial charge in [0.15, 0.2) is 0 Å². The predicted molar refractivity (Wildman–Crippen MR) is 170 cm³/mol. The first-order valence-electron chi connectivity index (χ1n) is 16.8. The molecule has 1 heterocycles. The normalized spacial score (nSPS) is 13.6. The van der Waals surface area contributed by atoms with Crippen molar-refractivity contribution in [1.29, 1.82) is 0 Å². The number of nitrogens with one attached hydrogen (secondary N) is 1. The van der Waals surface area contributed by atoms with E-state index in [1.54, 1.807) is 11.1 Å². The molecule has 2 aromatic rings. The first kappa shape index (κ1) is 30.8. The molecular formula is C37H59N. The van der Waals surface area contributed by atoms with Gasteiger partial charge >= 0.3 is 0 Å². The second kappa shape index (κ2) is 18.5. The van der Waals surface area contributed by atoms with Crippen LogP contribution in [0.5, 0.6) is 0 Å². The minimum absolute atomic E-state index is 0.165. The summed E-state index contributed by atoms with van der Waals surface area (Å²) in [6.07, 6.45) is 30.7. The van der Waals surface area contributed by atoms with Gasteiger partial charge in [0, 0.05) is 16.8 Å². The summed E-state index contributed by atoms with van der Waals surface area (Å²) in [6.45, 7) is 4.62. The van der Waals surface area contributed by atoms with E-state index < -0.39 is 0 Å². The topological polar surface area (TPSA) is 12.0 Å². The quantitative estimate of drug-likeness (QED) is 0.153. The standard InChI is InChI=1S/C37H59N/c1-3-5-7-9-11-13-15-17-19-25-31-37(32-26-20-18-16-14-12-10-8-6-4-2)33-27-21-23-29-35(33)38-36-30-24-22-28-34(36)37/h21-24,27-30,38H,3-20,25-26,31-32H2,1-2H3. The fourth-order valence-corrected chi connectivity index (χ4v) is 6.80. The monoisotopic (exact) mass is 517 g/mol. The molecule has 1 aliphatic heterocycles. The Bertz CT molecular complexity index is 797. The van der Waals surface area contributed by atoms with Crippen LogP contribution in [-0.2, 0) is 5.41 Å². The molecule has 1 aliphatic rings. The van der Waals surface area contributed by atoms with E-state index in [-0.39, 0.29) is 5.41 Å². The van der Waals surface area contributed by atoms with Crippen LogP contribution in [0.4, 0.5) is 11.4 Å². The second-order valence-electron chi connectivity index (χ2n) is 12.2. The van der Waals surface area contributed by atoms with Gasteiger partial charge in [0.2, 0.25) is 0 Å². The Morgan fingerprint density at radius 2 is 0.737 bits per heavy atom. The fraction of sp³-hybridized carbons (Fsp3) is 0.676. The molecule has 2 aromatic carbocycles. The smallest absolute Gasteiger partial charge is 0.0426 e. The molecule has 212 valence electrons. The van der Waals surface area contributed by atoms with E-state index in [1.165, 1.54) is 153 Å². The van der Waals surface area contributed by atoms with E-state index in [0.717, 1.165) is 0 Å². The lowest BCUT2D eigenvalue weighted by Crippen LogP contribution is -2.32. The highest BCUT2D eigenvalue weighted by Gasteiger charge is 2.39. The molecule has 0 radical (unpaired) electrons. The highest BCUT2D eigenvalue weighted by atomic mass is 14.9. The Morgan fingerprint density at radius 3 is 1.11 bits per heavy atom. The predicted octanol–water partition coefficient (Wildman–Crippen LogP) is 12.7. The van der Waals surface area contributed by atoms with Crippen molar-refractivity contribution in [3.8, 4) is 0 Å². The molecule has 0 amide bonds. The summed E-state index contributed by atoms with van der Waals surface area (Å²) in [5, 5.41) is 3.77. The van der Waals surface area contributed by atoms with Gasteiger partial charge in [-0.05, 0) is 36.1 Å². The van der Waals surface area contributed by atoms with Gasteiger partial charge in [-0.15, -0.1) is 0 Å². The molecule has 0 fully saturated rings. The van der Waals surface area contributed by atoms with Crippen LogP contribution in [0.3, 0.4) is 0 Å². The summed E-state index contributed by atoms with van der Waals surface area (Å²) in [6, 6.07) is 18.4. The van der Waals surface area contributed by atoms with Crippen molar-refractivity contribution in [3.05, 3.63) is 59.7 Å². The Balaban J connectivity index is 1.54. The summed E-state index contributed by atoms with van der Waals surface area (Å²) in [5.74, 6) is 0. The van der Waals surface area contributed by atoms with E-state index in [9.17, 15) is 0 Å². The third kappa shape index (κ3) is 9.77. The Morgan fingerprint density at radius 1 is 0.421 bits per heavy atom. The molecule has 0 saturated carbocycles. The minimum Gasteiger partial charge on any atom is -0.355 e. The zero-order valence-electron chi connectivity index (χ0n) is 25.2. The van der Waals surface area contributed by atoms with Crippen LogP contribution in [0.1, 0.15) is 166 Å². The lowest BCUT2D eigenvalue weighted by atomic mass is 9.65. The molecule has 3 rings (SSSR count). The van der Waals surface area contributed by atoms with Crippen molar-refractivity contribution in [2.75, 3.05) is 5.32 Å². The van der Waals surface area contributed by atoms with Crippen molar-refractivity contribution in [3.63, 3.8) is 0 Å². The molecule has 1 heteroatoms. The van der Waals surface area contributed by atoms with E-state index >= 15 is 0 Å². The Labute approximate surface area is 236 Å². The first-order valence-corrected chi connectivity index (χ1v) is 16.8. The maximum Gasteiger partial charge on any atom is 0.0426 e. The average Bonchev–Trinajstić information content (AvgIpc) is 2.95. The van der Waals surface area contributed by atoms with Gasteiger partial charge in [-0.3, -0.25) is 0 Å². The summed E-state index contributed by atoms with van der Waals surface area (Å²) in [4.78, 5) is 0. The molecule has 1 N–H and O–H groups in total. The molecule has 0 aromatic heterocycles. The van der Waals surface area contributed by atoms with Crippen LogP contribution in [0.25, 0.3) is 0 Å². The van der Waals surface area contributed by atoms with Crippen molar-refractivity contribution in [2.24, 2.45) is 0 Å². The van der Waals surface area contributed by atoms with Crippen LogP contribution >= 0.6 is 0 Å². The van der Waals surface area contributed by atoms with Crippen molar-refractivity contribution >= 4 is 11.4 Å². The zero-order chi connectivity index (χ0) is 26.7. The van der Waals surface area contributed by atoms with Gasteiger partial charge in [0.25, 0.3) is 0 Å². The van der Waals surface area contributed by atoms with Gasteiger partial charge in [-0.2, -0.15) is 0 Å². The van der Waals surface area contributed by atoms with Crippen molar-refractivity contribution in [2.45, 2.75) is 161 Å². The van der Waals surface area contributed by atoms with Crippen molar-refractivity contribution in [1.82, 2.24) is 0 Å². The van der Waals surface area contributed by atoms with Crippen LogP contribution in [0.15, 0.2) is 48.5 Å². The third-order valence-corrected chi connectivity index (χ3v) is 9.07. The van der Waals surface area contributed by atoms with Gasteiger partial charge in [-0.1, -0.05) is 179 Å². The largest absolute Gasteiger partial charge is 0.355 e.